The summed E-state index contributed by atoms with van der Waals surface area (Å²) in [5, 5.41) is 0. The molecule has 0 aromatic carbocycles. The molecule has 0 aromatic heterocycles. The minimum Gasteiger partial charge on any atom is -0.380 e. The van der Waals surface area contributed by atoms with Crippen molar-refractivity contribution in [1.82, 2.24) is 4.98 Å². The molecule has 0 aliphatic rings. The third kappa shape index (κ3) is 4.55. The van der Waals surface area contributed by atoms with Crippen molar-refractivity contribution in [3.63, 3.8) is 0 Å². The highest BCUT2D eigenvalue weighted by molar-refractivity contribution is 6.77. The molecule has 0 aliphatic carbocycles. The second-order valence-corrected chi connectivity index (χ2v) is 10.0. The van der Waals surface area contributed by atoms with Crippen molar-refractivity contribution in [1.29, 1.82) is 0 Å². The van der Waals surface area contributed by atoms with Crippen LogP contribution >= 0.6 is 34.8 Å². The standard InChI is InChI=1S/C6H12Cl3NOSi/c1-12(2,3)10-5(11)6(8,9)4-7/h4H2,1-3H3,(H,10,11). The number of halogens is 3. The van der Waals surface area contributed by atoms with Gasteiger partial charge in [0.1, 0.15) is 8.24 Å². The van der Waals surface area contributed by atoms with Gasteiger partial charge < -0.3 is 4.98 Å². The zero-order chi connectivity index (χ0) is 9.99. The summed E-state index contributed by atoms with van der Waals surface area (Å²) in [6.45, 7) is 5.93. The molecule has 1 N–H and O–H groups in total. The van der Waals surface area contributed by atoms with Crippen molar-refractivity contribution in [3.8, 4) is 0 Å². The molecule has 0 radical (unpaired) electrons. The molecule has 0 aromatic rings. The normalized spacial score (nSPS) is 12.8. The van der Waals surface area contributed by atoms with E-state index in [1.165, 1.54) is 0 Å². The van der Waals surface area contributed by atoms with Crippen molar-refractivity contribution < 1.29 is 4.79 Å². The maximum absolute atomic E-state index is 11.3. The maximum atomic E-state index is 11.3. The number of alkyl halides is 3. The maximum Gasteiger partial charge on any atom is 0.249 e. The average Bonchev–Trinajstić information content (AvgIpc) is 1.84. The lowest BCUT2D eigenvalue weighted by Crippen LogP contribution is -2.52. The molecule has 0 saturated carbocycles. The van der Waals surface area contributed by atoms with E-state index in [0.29, 0.717) is 0 Å². The second-order valence-electron chi connectivity index (χ2n) is 3.54. The zero-order valence-electron chi connectivity index (χ0n) is 7.25. The van der Waals surface area contributed by atoms with Crippen LogP contribution in [0, 0.1) is 0 Å². The predicted molar refractivity (Wildman–Crippen MR) is 56.6 cm³/mol. The van der Waals surface area contributed by atoms with Gasteiger partial charge in [-0.1, -0.05) is 42.8 Å². The summed E-state index contributed by atoms with van der Waals surface area (Å²) < 4.78 is -1.50. The molecule has 6 heteroatoms. The van der Waals surface area contributed by atoms with Gasteiger partial charge >= 0.3 is 0 Å². The van der Waals surface area contributed by atoms with Gasteiger partial charge in [0.15, 0.2) is 0 Å². The quantitative estimate of drug-likeness (QED) is 0.603. The molecule has 0 aliphatic heterocycles. The lowest BCUT2D eigenvalue weighted by Gasteiger charge is -2.23. The lowest BCUT2D eigenvalue weighted by atomic mass is 10.4. The van der Waals surface area contributed by atoms with Crippen LogP contribution in [0.4, 0.5) is 0 Å². The van der Waals surface area contributed by atoms with Crippen molar-refractivity contribution in [2.45, 2.75) is 24.0 Å². The summed E-state index contributed by atoms with van der Waals surface area (Å²) in [5.41, 5.74) is 0. The van der Waals surface area contributed by atoms with Gasteiger partial charge in [0.2, 0.25) is 10.2 Å². The van der Waals surface area contributed by atoms with Crippen molar-refractivity contribution in [2.24, 2.45) is 0 Å². The van der Waals surface area contributed by atoms with E-state index in [1.807, 2.05) is 19.6 Å². The summed E-state index contributed by atoms with van der Waals surface area (Å²) in [5.74, 6) is -0.508. The van der Waals surface area contributed by atoms with Gasteiger partial charge in [0, 0.05) is 0 Å². The van der Waals surface area contributed by atoms with Gasteiger partial charge in [-0.05, 0) is 0 Å². The fourth-order valence-corrected chi connectivity index (χ4v) is 1.76. The molecule has 0 atom stereocenters. The van der Waals surface area contributed by atoms with Crippen LogP contribution in [0.3, 0.4) is 0 Å². The van der Waals surface area contributed by atoms with Crippen LogP contribution in [0.2, 0.25) is 19.6 Å². The monoisotopic (exact) mass is 247 g/mol. The highest BCUT2D eigenvalue weighted by atomic mass is 35.5. The molecular formula is C6H12Cl3NOSi. The van der Waals surface area contributed by atoms with Crippen LogP contribution in [0.1, 0.15) is 0 Å². The Morgan fingerprint density at radius 2 is 1.83 bits per heavy atom. The Morgan fingerprint density at radius 3 is 2.08 bits per heavy atom. The molecule has 0 spiro atoms. The number of carbonyl (C=O) groups is 1. The summed E-state index contributed by atoms with van der Waals surface area (Å²) in [4.78, 5) is 14.0. The van der Waals surface area contributed by atoms with Gasteiger partial charge in [-0.15, -0.1) is 11.6 Å². The minimum absolute atomic E-state index is 0.105. The van der Waals surface area contributed by atoms with Crippen LogP contribution in [0.25, 0.3) is 0 Å². The molecule has 0 heterocycles. The van der Waals surface area contributed by atoms with E-state index in [2.05, 4.69) is 4.98 Å². The first kappa shape index (κ1) is 12.6. The van der Waals surface area contributed by atoms with Crippen molar-refractivity contribution in [2.75, 3.05) is 5.88 Å². The van der Waals surface area contributed by atoms with E-state index in [-0.39, 0.29) is 5.88 Å². The Labute approximate surface area is 88.6 Å². The SMILES string of the molecule is C[Si](C)(C)NC(=O)C(Cl)(Cl)CCl. The van der Waals surface area contributed by atoms with Crippen molar-refractivity contribution in [3.05, 3.63) is 0 Å². The summed E-state index contributed by atoms with van der Waals surface area (Å²) in [6, 6.07) is 0. The zero-order valence-corrected chi connectivity index (χ0v) is 10.5. The molecule has 0 fully saturated rings. The molecule has 0 bridgehead atoms. The van der Waals surface area contributed by atoms with Gasteiger partial charge in [0.25, 0.3) is 0 Å². The van der Waals surface area contributed by atoms with Gasteiger partial charge in [-0.2, -0.15) is 0 Å². The van der Waals surface area contributed by atoms with E-state index >= 15 is 0 Å². The fourth-order valence-electron chi connectivity index (χ4n) is 0.493. The van der Waals surface area contributed by atoms with E-state index in [9.17, 15) is 4.79 Å². The number of amides is 1. The molecule has 0 rings (SSSR count). The minimum atomic E-state index is -1.67. The largest absolute Gasteiger partial charge is 0.380 e. The smallest absolute Gasteiger partial charge is 0.249 e. The molecule has 0 saturated heterocycles. The third-order valence-electron chi connectivity index (χ3n) is 0.989. The Morgan fingerprint density at radius 1 is 1.42 bits per heavy atom. The molecule has 2 nitrogen and oxygen atoms in total. The second kappa shape index (κ2) is 4.18. The molecule has 0 unspecified atom stereocenters. The van der Waals surface area contributed by atoms with E-state index in [4.69, 9.17) is 34.8 Å². The Bertz CT molecular complexity index is 178. The summed E-state index contributed by atoms with van der Waals surface area (Å²) in [7, 11) is -1.67. The van der Waals surface area contributed by atoms with Gasteiger partial charge in [-0.25, -0.2) is 0 Å². The van der Waals surface area contributed by atoms with E-state index in [0.717, 1.165) is 0 Å². The molecule has 72 valence electrons. The number of hydrogen-bond acceptors (Lipinski definition) is 1. The van der Waals surface area contributed by atoms with Crippen LogP contribution in [0.5, 0.6) is 0 Å². The Hall–Kier alpha value is 0.557. The Kier molecular flexibility index (Phi) is 4.37. The average molecular weight is 249 g/mol. The first-order chi connectivity index (χ1) is 5.19. The van der Waals surface area contributed by atoms with Gasteiger partial charge in [0.05, 0.1) is 5.88 Å². The number of rotatable bonds is 3. The van der Waals surface area contributed by atoms with Gasteiger partial charge in [-0.3, -0.25) is 4.79 Å². The van der Waals surface area contributed by atoms with Crippen LogP contribution in [-0.2, 0) is 4.79 Å². The fraction of sp³-hybridized carbons (Fsp3) is 0.833. The number of nitrogens with one attached hydrogen (secondary N) is 1. The highest BCUT2D eigenvalue weighted by Crippen LogP contribution is 2.23. The van der Waals surface area contributed by atoms with E-state index in [1.54, 1.807) is 0 Å². The van der Waals surface area contributed by atoms with E-state index < -0.39 is 18.5 Å². The first-order valence-electron chi connectivity index (χ1n) is 3.45. The van der Waals surface area contributed by atoms with Crippen LogP contribution < -0.4 is 4.98 Å². The summed E-state index contributed by atoms with van der Waals surface area (Å²) >= 11 is 16.6. The molecular weight excluding hydrogens is 237 g/mol. The number of hydrogen-bond donors (Lipinski definition) is 1. The third-order valence-corrected chi connectivity index (χ3v) is 3.25. The van der Waals surface area contributed by atoms with Crippen molar-refractivity contribution >= 4 is 48.9 Å². The first-order valence-corrected chi connectivity index (χ1v) is 8.24. The molecule has 1 amide bonds. The lowest BCUT2D eigenvalue weighted by molar-refractivity contribution is -0.119. The summed E-state index contributed by atoms with van der Waals surface area (Å²) in [6.07, 6.45) is 0. The predicted octanol–water partition coefficient (Wildman–Crippen LogP) is 2.35. The number of carbonyl (C=O) groups excluding carboxylic acids is 1. The van der Waals surface area contributed by atoms with Crippen LogP contribution in [0.15, 0.2) is 0 Å². The molecule has 12 heavy (non-hydrogen) atoms. The Balaban J connectivity index is 4.23. The highest BCUT2D eigenvalue weighted by Gasteiger charge is 2.35. The topological polar surface area (TPSA) is 29.1 Å². The van der Waals surface area contributed by atoms with Crippen LogP contribution in [-0.4, -0.2) is 24.4 Å².